The number of benzene rings is 2. The van der Waals surface area contributed by atoms with Gasteiger partial charge >= 0.3 is 0 Å². The van der Waals surface area contributed by atoms with Crippen molar-refractivity contribution in [2.75, 3.05) is 12.4 Å². The summed E-state index contributed by atoms with van der Waals surface area (Å²) in [6.07, 6.45) is 0.529. The number of nitrogens with one attached hydrogen (secondary N) is 2. The van der Waals surface area contributed by atoms with Crippen molar-refractivity contribution >= 4 is 29.1 Å². The van der Waals surface area contributed by atoms with Crippen LogP contribution in [0.15, 0.2) is 48.5 Å². The number of amides is 2. The monoisotopic (exact) mass is 374 g/mol. The number of rotatable bonds is 7. The first kappa shape index (κ1) is 19.8. The molecule has 1 atom stereocenters. The highest BCUT2D eigenvalue weighted by Crippen LogP contribution is 2.16. The number of carbonyl (C=O) groups excluding carboxylic acids is 2. The lowest BCUT2D eigenvalue weighted by Gasteiger charge is -2.20. The fourth-order valence-corrected chi connectivity index (χ4v) is 2.58. The second-order valence-corrected chi connectivity index (χ2v) is 6.82. The highest BCUT2D eigenvalue weighted by atomic mass is 35.5. The standard InChI is InChI=1S/C20H23ClN2O3/c1-13(2)12-18(23-19(24)14-4-6-15(21)7-5-14)20(25)22-16-8-10-17(26-3)11-9-16/h4-11,13,18H,12H2,1-3H3,(H,22,25)(H,23,24)/t18-/m1/s1. The summed E-state index contributed by atoms with van der Waals surface area (Å²) >= 11 is 5.85. The van der Waals surface area contributed by atoms with Crippen LogP contribution in [0.25, 0.3) is 0 Å². The first-order chi connectivity index (χ1) is 12.4. The third-order valence-corrected chi connectivity index (χ3v) is 4.04. The van der Waals surface area contributed by atoms with Crippen LogP contribution in [-0.2, 0) is 4.79 Å². The maximum absolute atomic E-state index is 12.6. The van der Waals surface area contributed by atoms with Crippen LogP contribution in [0.5, 0.6) is 5.75 Å². The van der Waals surface area contributed by atoms with Crippen LogP contribution < -0.4 is 15.4 Å². The molecule has 0 aliphatic rings. The van der Waals surface area contributed by atoms with E-state index in [1.54, 1.807) is 55.6 Å². The second-order valence-electron chi connectivity index (χ2n) is 6.38. The SMILES string of the molecule is COc1ccc(NC(=O)[C@@H](CC(C)C)NC(=O)c2ccc(Cl)cc2)cc1. The minimum Gasteiger partial charge on any atom is -0.497 e. The summed E-state index contributed by atoms with van der Waals surface area (Å²) in [7, 11) is 1.58. The molecule has 0 spiro atoms. The Morgan fingerprint density at radius 1 is 1.04 bits per heavy atom. The maximum Gasteiger partial charge on any atom is 0.251 e. The lowest BCUT2D eigenvalue weighted by atomic mass is 10.0. The summed E-state index contributed by atoms with van der Waals surface area (Å²) in [6.45, 7) is 4.00. The van der Waals surface area contributed by atoms with Crippen molar-refractivity contribution in [1.29, 1.82) is 0 Å². The van der Waals surface area contributed by atoms with Crippen LogP contribution in [0.2, 0.25) is 5.02 Å². The molecule has 0 aliphatic carbocycles. The molecule has 0 bridgehead atoms. The molecule has 5 nitrogen and oxygen atoms in total. The predicted molar refractivity (Wildman–Crippen MR) is 104 cm³/mol. The fraction of sp³-hybridized carbons (Fsp3) is 0.300. The van der Waals surface area contributed by atoms with Gasteiger partial charge in [-0.1, -0.05) is 25.4 Å². The molecule has 2 aromatic carbocycles. The van der Waals surface area contributed by atoms with Gasteiger partial charge in [-0.15, -0.1) is 0 Å². The van der Waals surface area contributed by atoms with Crippen LogP contribution >= 0.6 is 11.6 Å². The Hall–Kier alpha value is -2.53. The van der Waals surface area contributed by atoms with Gasteiger partial charge in [-0.25, -0.2) is 0 Å². The summed E-state index contributed by atoms with van der Waals surface area (Å²) in [6, 6.07) is 12.9. The zero-order chi connectivity index (χ0) is 19.1. The Bertz CT molecular complexity index is 743. The largest absolute Gasteiger partial charge is 0.497 e. The van der Waals surface area contributed by atoms with Crippen molar-refractivity contribution in [2.24, 2.45) is 5.92 Å². The van der Waals surface area contributed by atoms with Crippen molar-refractivity contribution in [3.8, 4) is 5.75 Å². The van der Waals surface area contributed by atoms with Crippen molar-refractivity contribution in [3.05, 3.63) is 59.1 Å². The lowest BCUT2D eigenvalue weighted by molar-refractivity contribution is -0.118. The summed E-state index contributed by atoms with van der Waals surface area (Å²) in [5.74, 6) is 0.383. The van der Waals surface area contributed by atoms with Gasteiger partial charge in [0.2, 0.25) is 5.91 Å². The van der Waals surface area contributed by atoms with Gasteiger partial charge < -0.3 is 15.4 Å². The summed E-state index contributed by atoms with van der Waals surface area (Å²) < 4.78 is 5.11. The first-order valence-electron chi connectivity index (χ1n) is 8.40. The summed E-state index contributed by atoms with van der Waals surface area (Å²) in [5, 5.41) is 6.20. The lowest BCUT2D eigenvalue weighted by Crippen LogP contribution is -2.44. The minimum absolute atomic E-state index is 0.243. The molecule has 2 amide bonds. The Morgan fingerprint density at radius 2 is 1.65 bits per heavy atom. The van der Waals surface area contributed by atoms with Crippen molar-refractivity contribution in [3.63, 3.8) is 0 Å². The van der Waals surface area contributed by atoms with Crippen LogP contribution in [0.3, 0.4) is 0 Å². The van der Waals surface area contributed by atoms with Crippen LogP contribution in [0.4, 0.5) is 5.69 Å². The Balaban J connectivity index is 2.08. The normalized spacial score (nSPS) is 11.7. The van der Waals surface area contributed by atoms with Gasteiger partial charge in [-0.05, 0) is 60.9 Å². The van der Waals surface area contributed by atoms with Gasteiger partial charge in [0.1, 0.15) is 11.8 Å². The molecule has 2 rings (SSSR count). The highest BCUT2D eigenvalue weighted by Gasteiger charge is 2.22. The number of methoxy groups -OCH3 is 1. The Labute approximate surface area is 158 Å². The third kappa shape index (κ3) is 5.77. The fourth-order valence-electron chi connectivity index (χ4n) is 2.45. The van der Waals surface area contributed by atoms with E-state index in [-0.39, 0.29) is 17.7 Å². The molecule has 26 heavy (non-hydrogen) atoms. The topological polar surface area (TPSA) is 67.4 Å². The Kier molecular flexibility index (Phi) is 7.04. The van der Waals surface area contributed by atoms with Gasteiger partial charge in [0.15, 0.2) is 0 Å². The van der Waals surface area contributed by atoms with E-state index in [2.05, 4.69) is 10.6 Å². The average Bonchev–Trinajstić information content (AvgIpc) is 2.62. The molecule has 2 N–H and O–H groups in total. The van der Waals surface area contributed by atoms with E-state index in [4.69, 9.17) is 16.3 Å². The van der Waals surface area contributed by atoms with Crippen molar-refractivity contribution < 1.29 is 14.3 Å². The molecule has 0 radical (unpaired) electrons. The average molecular weight is 375 g/mol. The van der Waals surface area contributed by atoms with E-state index in [1.807, 2.05) is 13.8 Å². The minimum atomic E-state index is -0.639. The summed E-state index contributed by atoms with van der Waals surface area (Å²) in [5.41, 5.74) is 1.10. The molecule has 0 saturated heterocycles. The molecule has 2 aromatic rings. The second kappa shape index (κ2) is 9.25. The molecule has 0 fully saturated rings. The van der Waals surface area contributed by atoms with Crippen LogP contribution in [0, 0.1) is 5.92 Å². The highest BCUT2D eigenvalue weighted by molar-refractivity contribution is 6.30. The first-order valence-corrected chi connectivity index (χ1v) is 8.78. The molecule has 0 saturated carbocycles. The van der Waals surface area contributed by atoms with Crippen molar-refractivity contribution in [2.45, 2.75) is 26.3 Å². The van der Waals surface area contributed by atoms with Gasteiger partial charge in [0, 0.05) is 16.3 Å². The van der Waals surface area contributed by atoms with E-state index in [9.17, 15) is 9.59 Å². The zero-order valence-corrected chi connectivity index (χ0v) is 15.8. The predicted octanol–water partition coefficient (Wildman–Crippen LogP) is 4.13. The molecular formula is C20H23ClN2O3. The number of hydrogen-bond donors (Lipinski definition) is 2. The molecule has 0 aliphatic heterocycles. The number of ether oxygens (including phenoxy) is 1. The molecule has 138 valence electrons. The van der Waals surface area contributed by atoms with Gasteiger partial charge in [0.25, 0.3) is 5.91 Å². The maximum atomic E-state index is 12.6. The van der Waals surface area contributed by atoms with E-state index < -0.39 is 6.04 Å². The molecule has 0 unspecified atom stereocenters. The number of carbonyl (C=O) groups is 2. The molecule has 0 heterocycles. The van der Waals surface area contributed by atoms with E-state index >= 15 is 0 Å². The van der Waals surface area contributed by atoms with Gasteiger partial charge in [0.05, 0.1) is 7.11 Å². The summed E-state index contributed by atoms with van der Waals surface area (Å²) in [4.78, 5) is 25.1. The zero-order valence-electron chi connectivity index (χ0n) is 15.1. The molecule has 0 aromatic heterocycles. The molecule has 6 heteroatoms. The van der Waals surface area contributed by atoms with E-state index in [1.165, 1.54) is 0 Å². The van der Waals surface area contributed by atoms with Gasteiger partial charge in [-0.2, -0.15) is 0 Å². The number of halogens is 1. The quantitative estimate of drug-likeness (QED) is 0.765. The van der Waals surface area contributed by atoms with Crippen LogP contribution in [0.1, 0.15) is 30.6 Å². The number of hydrogen-bond acceptors (Lipinski definition) is 3. The van der Waals surface area contributed by atoms with E-state index in [0.29, 0.717) is 28.4 Å². The smallest absolute Gasteiger partial charge is 0.251 e. The Morgan fingerprint density at radius 3 is 2.19 bits per heavy atom. The third-order valence-electron chi connectivity index (χ3n) is 3.79. The number of anilines is 1. The molecular weight excluding hydrogens is 352 g/mol. The van der Waals surface area contributed by atoms with Gasteiger partial charge in [-0.3, -0.25) is 9.59 Å². The van der Waals surface area contributed by atoms with E-state index in [0.717, 1.165) is 0 Å². The van der Waals surface area contributed by atoms with Crippen molar-refractivity contribution in [1.82, 2.24) is 5.32 Å². The van der Waals surface area contributed by atoms with Crippen LogP contribution in [-0.4, -0.2) is 25.0 Å².